The Morgan fingerprint density at radius 3 is 3.00 bits per heavy atom. The Bertz CT molecular complexity index is 1270. The lowest BCUT2D eigenvalue weighted by Gasteiger charge is -2.11. The van der Waals surface area contributed by atoms with E-state index in [2.05, 4.69) is 35.6 Å². The molecule has 1 aliphatic rings. The Labute approximate surface area is 181 Å². The van der Waals surface area contributed by atoms with Gasteiger partial charge in [-0.3, -0.25) is 9.78 Å². The molecule has 0 saturated carbocycles. The van der Waals surface area contributed by atoms with Crippen LogP contribution >= 0.6 is 0 Å². The van der Waals surface area contributed by atoms with Gasteiger partial charge < -0.3 is 14.6 Å². The molecule has 1 aliphatic heterocycles. The first-order valence-electron chi connectivity index (χ1n) is 9.86. The van der Waals surface area contributed by atoms with E-state index in [1.807, 2.05) is 0 Å². The number of pyridine rings is 1. The predicted octanol–water partition coefficient (Wildman–Crippen LogP) is 2.03. The Morgan fingerprint density at radius 1 is 1.31 bits per heavy atom. The normalized spacial score (nSPS) is 14.9. The van der Waals surface area contributed by atoms with Crippen LogP contribution < -0.4 is 10.1 Å². The van der Waals surface area contributed by atoms with Gasteiger partial charge in [0.05, 0.1) is 19.3 Å². The molecule has 0 aliphatic carbocycles. The number of aryl methyl sites for hydroxylation is 1. The van der Waals surface area contributed by atoms with E-state index >= 15 is 0 Å². The number of carbonyl (C=O) groups is 1. The summed E-state index contributed by atoms with van der Waals surface area (Å²) in [6, 6.07) is 4.83. The standard InChI is InChI=1S/C20H18FN9O2/c1-32-20-13(11-29(28-20)17-10-22-7-8-23-17)19(31)25-15-4-2-3-14(24-15)18-27-26-16-6-5-12(9-21)30(16)18/h2-4,7-8,10-12H,5-6,9H2,1H3,(H,24,25,31)/t12-/m1/s1. The molecule has 1 atom stereocenters. The van der Waals surface area contributed by atoms with E-state index in [4.69, 9.17) is 4.74 Å². The molecule has 5 rings (SSSR count). The number of nitrogens with zero attached hydrogens (tertiary/aromatic N) is 8. The number of alkyl halides is 1. The van der Waals surface area contributed by atoms with Gasteiger partial charge in [0.1, 0.15) is 29.6 Å². The van der Waals surface area contributed by atoms with Gasteiger partial charge in [0.25, 0.3) is 5.91 Å². The summed E-state index contributed by atoms with van der Waals surface area (Å²) in [5.41, 5.74) is 0.690. The summed E-state index contributed by atoms with van der Waals surface area (Å²) in [5.74, 6) is 1.62. The predicted molar refractivity (Wildman–Crippen MR) is 110 cm³/mol. The minimum absolute atomic E-state index is 0.130. The number of amides is 1. The largest absolute Gasteiger partial charge is 0.479 e. The first kappa shape index (κ1) is 19.7. The zero-order valence-corrected chi connectivity index (χ0v) is 17.0. The van der Waals surface area contributed by atoms with E-state index in [1.165, 1.54) is 36.6 Å². The van der Waals surface area contributed by atoms with Crippen LogP contribution in [-0.2, 0) is 6.42 Å². The number of anilines is 1. The van der Waals surface area contributed by atoms with Gasteiger partial charge in [-0.1, -0.05) is 6.07 Å². The molecule has 11 nitrogen and oxygen atoms in total. The molecule has 0 fully saturated rings. The highest BCUT2D eigenvalue weighted by Crippen LogP contribution is 2.31. The molecule has 32 heavy (non-hydrogen) atoms. The zero-order valence-electron chi connectivity index (χ0n) is 17.0. The Morgan fingerprint density at radius 2 is 2.22 bits per heavy atom. The first-order chi connectivity index (χ1) is 15.7. The summed E-state index contributed by atoms with van der Waals surface area (Å²) in [4.78, 5) is 25.6. The van der Waals surface area contributed by atoms with Gasteiger partial charge in [-0.15, -0.1) is 15.3 Å². The number of halogens is 1. The number of fused-ring (bicyclic) bond motifs is 1. The number of hydrogen-bond acceptors (Lipinski definition) is 8. The second-order valence-corrected chi connectivity index (χ2v) is 7.08. The van der Waals surface area contributed by atoms with Crippen molar-refractivity contribution in [2.75, 3.05) is 19.1 Å². The first-order valence-corrected chi connectivity index (χ1v) is 9.86. The van der Waals surface area contributed by atoms with Crippen molar-refractivity contribution in [1.29, 1.82) is 0 Å². The molecule has 0 aromatic carbocycles. The molecular weight excluding hydrogens is 417 g/mol. The van der Waals surface area contributed by atoms with Crippen molar-refractivity contribution in [2.45, 2.75) is 18.9 Å². The van der Waals surface area contributed by atoms with E-state index < -0.39 is 12.6 Å². The summed E-state index contributed by atoms with van der Waals surface area (Å²) >= 11 is 0. The third-order valence-electron chi connectivity index (χ3n) is 5.13. The maximum Gasteiger partial charge on any atom is 0.263 e. The fourth-order valence-electron chi connectivity index (χ4n) is 3.63. The highest BCUT2D eigenvalue weighted by atomic mass is 19.1. The molecule has 0 saturated heterocycles. The maximum absolute atomic E-state index is 13.4. The second kappa shape index (κ2) is 8.13. The van der Waals surface area contributed by atoms with Gasteiger partial charge in [0.15, 0.2) is 11.6 Å². The number of ether oxygens (including phenoxy) is 1. The maximum atomic E-state index is 13.4. The van der Waals surface area contributed by atoms with Crippen molar-refractivity contribution >= 4 is 11.7 Å². The highest BCUT2D eigenvalue weighted by Gasteiger charge is 2.28. The quantitative estimate of drug-likeness (QED) is 0.488. The van der Waals surface area contributed by atoms with Gasteiger partial charge in [0.2, 0.25) is 5.88 Å². The fraction of sp³-hybridized carbons (Fsp3) is 0.250. The molecule has 0 unspecified atom stereocenters. The van der Waals surface area contributed by atoms with Gasteiger partial charge in [-0.25, -0.2) is 19.0 Å². The molecule has 12 heteroatoms. The van der Waals surface area contributed by atoms with Crippen molar-refractivity contribution in [3.63, 3.8) is 0 Å². The van der Waals surface area contributed by atoms with Crippen molar-refractivity contribution in [2.24, 2.45) is 0 Å². The van der Waals surface area contributed by atoms with Crippen LogP contribution in [0, 0.1) is 0 Å². The molecule has 1 N–H and O–H groups in total. The topological polar surface area (TPSA) is 126 Å². The monoisotopic (exact) mass is 435 g/mol. The summed E-state index contributed by atoms with van der Waals surface area (Å²) in [6.07, 6.45) is 7.43. The molecule has 5 heterocycles. The molecule has 4 aromatic rings. The van der Waals surface area contributed by atoms with Crippen molar-refractivity contribution < 1.29 is 13.9 Å². The average Bonchev–Trinajstić information content (AvgIpc) is 3.54. The van der Waals surface area contributed by atoms with Gasteiger partial charge >= 0.3 is 0 Å². The minimum Gasteiger partial charge on any atom is -0.479 e. The van der Waals surface area contributed by atoms with Gasteiger partial charge in [0, 0.05) is 25.0 Å². The van der Waals surface area contributed by atoms with Crippen molar-refractivity contribution in [3.05, 3.63) is 54.4 Å². The summed E-state index contributed by atoms with van der Waals surface area (Å²) in [6.45, 7) is -0.496. The number of hydrogen-bond donors (Lipinski definition) is 1. The summed E-state index contributed by atoms with van der Waals surface area (Å²) in [5, 5.41) is 15.3. The van der Waals surface area contributed by atoms with E-state index in [-0.39, 0.29) is 17.5 Å². The van der Waals surface area contributed by atoms with Crippen LogP contribution in [0.15, 0.2) is 43.0 Å². The fourth-order valence-corrected chi connectivity index (χ4v) is 3.63. The van der Waals surface area contributed by atoms with Crippen LogP contribution in [0.4, 0.5) is 10.2 Å². The van der Waals surface area contributed by atoms with Crippen LogP contribution in [0.5, 0.6) is 5.88 Å². The Kier molecular flexibility index (Phi) is 5.01. The summed E-state index contributed by atoms with van der Waals surface area (Å²) < 4.78 is 21.8. The minimum atomic E-state index is -0.496. The SMILES string of the molecule is COc1nn(-c2cnccn2)cc1C(=O)Nc1cccc(-c2nnc3n2[C@@H](CF)CC3)n1. The number of rotatable bonds is 6. The van der Waals surface area contributed by atoms with Crippen LogP contribution in [0.3, 0.4) is 0 Å². The highest BCUT2D eigenvalue weighted by molar-refractivity contribution is 6.05. The van der Waals surface area contributed by atoms with Crippen LogP contribution in [0.2, 0.25) is 0 Å². The van der Waals surface area contributed by atoms with E-state index in [0.29, 0.717) is 36.0 Å². The zero-order chi connectivity index (χ0) is 22.1. The molecule has 4 aromatic heterocycles. The number of nitrogens with one attached hydrogen (secondary N) is 1. The third kappa shape index (κ3) is 3.45. The van der Waals surface area contributed by atoms with Crippen molar-refractivity contribution in [3.8, 4) is 23.2 Å². The molecule has 162 valence electrons. The molecular formula is C20H18FN9O2. The Hall–Kier alpha value is -4.22. The summed E-state index contributed by atoms with van der Waals surface area (Å²) in [7, 11) is 1.42. The van der Waals surface area contributed by atoms with E-state index in [1.54, 1.807) is 22.8 Å². The van der Waals surface area contributed by atoms with Crippen LogP contribution in [0.1, 0.15) is 28.6 Å². The molecule has 0 spiro atoms. The van der Waals surface area contributed by atoms with Crippen LogP contribution in [0.25, 0.3) is 17.3 Å². The lowest BCUT2D eigenvalue weighted by Crippen LogP contribution is -2.14. The molecule has 1 amide bonds. The van der Waals surface area contributed by atoms with Gasteiger partial charge in [-0.05, 0) is 18.6 Å². The van der Waals surface area contributed by atoms with Gasteiger partial charge in [-0.2, -0.15) is 0 Å². The van der Waals surface area contributed by atoms with Crippen LogP contribution in [-0.4, -0.2) is 59.2 Å². The number of methoxy groups -OCH3 is 1. The van der Waals surface area contributed by atoms with Crippen molar-refractivity contribution in [1.82, 2.24) is 39.5 Å². The third-order valence-corrected chi connectivity index (χ3v) is 5.13. The number of aromatic nitrogens is 8. The Balaban J connectivity index is 1.42. The smallest absolute Gasteiger partial charge is 0.263 e. The number of carbonyl (C=O) groups excluding carboxylic acids is 1. The lowest BCUT2D eigenvalue weighted by molar-refractivity contribution is 0.102. The molecule has 0 radical (unpaired) electrons. The lowest BCUT2D eigenvalue weighted by atomic mass is 10.2. The molecule has 0 bridgehead atoms. The second-order valence-electron chi connectivity index (χ2n) is 7.08. The average molecular weight is 435 g/mol. The van der Waals surface area contributed by atoms with E-state index in [9.17, 15) is 9.18 Å². The van der Waals surface area contributed by atoms with E-state index in [0.717, 1.165) is 5.82 Å².